The Balaban J connectivity index is 1.70. The highest BCUT2D eigenvalue weighted by Crippen LogP contribution is 2.18. The molecule has 0 aliphatic heterocycles. The largest absolute Gasteiger partial charge is 0.340 e. The third-order valence-corrected chi connectivity index (χ3v) is 2.90. The zero-order chi connectivity index (χ0) is 12.1. The van der Waals surface area contributed by atoms with E-state index in [1.165, 1.54) is 12.8 Å². The van der Waals surface area contributed by atoms with Crippen LogP contribution in [0.5, 0.6) is 0 Å². The summed E-state index contributed by atoms with van der Waals surface area (Å²) in [6.07, 6.45) is 4.85. The van der Waals surface area contributed by atoms with E-state index in [1.54, 1.807) is 11.1 Å². The van der Waals surface area contributed by atoms with E-state index < -0.39 is 0 Å². The molecule has 0 unspecified atom stereocenters. The zero-order valence-electron chi connectivity index (χ0n) is 10.2. The van der Waals surface area contributed by atoms with Gasteiger partial charge in [-0.15, -0.1) is 0 Å². The minimum atomic E-state index is 0.170. The second kappa shape index (κ2) is 5.77. The highest BCUT2D eigenvalue weighted by Gasteiger charge is 2.20. The molecule has 1 aliphatic rings. The Kier molecular flexibility index (Phi) is 4.09. The average Bonchev–Trinajstić information content (AvgIpc) is 3.14. The first-order chi connectivity index (χ1) is 8.25. The molecule has 1 N–H and O–H groups in total. The molecule has 17 heavy (non-hydrogen) atoms. The number of amides is 1. The van der Waals surface area contributed by atoms with Crippen molar-refractivity contribution in [1.82, 2.24) is 15.2 Å². The number of hydrogen-bond acceptors (Lipinski definition) is 3. The van der Waals surface area contributed by atoms with Gasteiger partial charge in [0.05, 0.1) is 12.2 Å². The average molecular weight is 233 g/mol. The topological polar surface area (TPSA) is 45.2 Å². The van der Waals surface area contributed by atoms with E-state index >= 15 is 0 Å². The molecule has 0 saturated heterocycles. The third kappa shape index (κ3) is 4.15. The van der Waals surface area contributed by atoms with Crippen molar-refractivity contribution in [1.29, 1.82) is 0 Å². The summed E-state index contributed by atoms with van der Waals surface area (Å²) in [6.45, 7) is 1.37. The lowest BCUT2D eigenvalue weighted by Crippen LogP contribution is -2.30. The molecule has 1 aromatic rings. The van der Waals surface area contributed by atoms with E-state index in [-0.39, 0.29) is 5.91 Å². The van der Waals surface area contributed by atoms with Crippen LogP contribution in [0.4, 0.5) is 0 Å². The van der Waals surface area contributed by atoms with Crippen LogP contribution in [0.3, 0.4) is 0 Å². The maximum absolute atomic E-state index is 11.8. The number of carbonyl (C=O) groups excluding carboxylic acids is 1. The quantitative estimate of drug-likeness (QED) is 0.802. The van der Waals surface area contributed by atoms with Crippen molar-refractivity contribution >= 4 is 5.91 Å². The molecule has 0 radical (unpaired) electrons. The molecule has 1 aliphatic carbocycles. The van der Waals surface area contributed by atoms with Gasteiger partial charge in [-0.05, 0) is 25.0 Å². The van der Waals surface area contributed by atoms with Crippen molar-refractivity contribution in [3.05, 3.63) is 30.1 Å². The number of nitrogens with zero attached hydrogens (tertiary/aromatic N) is 2. The van der Waals surface area contributed by atoms with E-state index in [0.29, 0.717) is 19.0 Å². The molecule has 1 saturated carbocycles. The van der Waals surface area contributed by atoms with E-state index in [9.17, 15) is 4.79 Å². The molecular weight excluding hydrogens is 214 g/mol. The number of hydrogen-bond donors (Lipinski definition) is 1. The van der Waals surface area contributed by atoms with Crippen molar-refractivity contribution in [3.63, 3.8) is 0 Å². The zero-order valence-corrected chi connectivity index (χ0v) is 10.2. The Morgan fingerprint density at radius 2 is 2.35 bits per heavy atom. The van der Waals surface area contributed by atoms with E-state index in [1.807, 2.05) is 25.2 Å². The first-order valence-corrected chi connectivity index (χ1v) is 6.13. The van der Waals surface area contributed by atoms with Crippen LogP contribution < -0.4 is 5.32 Å². The fourth-order valence-corrected chi connectivity index (χ4v) is 1.68. The van der Waals surface area contributed by atoms with Gasteiger partial charge in [0.2, 0.25) is 5.91 Å². The number of pyridine rings is 1. The lowest BCUT2D eigenvalue weighted by Gasteiger charge is -2.16. The highest BCUT2D eigenvalue weighted by molar-refractivity contribution is 5.76. The SMILES string of the molecule is CN(Cc1ccccn1)C(=O)CCNC1CC1. The van der Waals surface area contributed by atoms with Crippen LogP contribution in [0.2, 0.25) is 0 Å². The van der Waals surface area contributed by atoms with Gasteiger partial charge >= 0.3 is 0 Å². The van der Waals surface area contributed by atoms with Crippen LogP contribution >= 0.6 is 0 Å². The van der Waals surface area contributed by atoms with Gasteiger partial charge in [0.15, 0.2) is 0 Å². The van der Waals surface area contributed by atoms with Crippen LogP contribution in [0.1, 0.15) is 25.0 Å². The van der Waals surface area contributed by atoms with Crippen molar-refractivity contribution in [2.75, 3.05) is 13.6 Å². The van der Waals surface area contributed by atoms with Gasteiger partial charge in [-0.1, -0.05) is 6.07 Å². The fourth-order valence-electron chi connectivity index (χ4n) is 1.68. The van der Waals surface area contributed by atoms with Crippen LogP contribution in [0.15, 0.2) is 24.4 Å². The predicted octanol–water partition coefficient (Wildman–Crippen LogP) is 1.18. The molecular formula is C13H19N3O. The Morgan fingerprint density at radius 1 is 1.53 bits per heavy atom. The normalized spacial score (nSPS) is 14.6. The number of nitrogens with one attached hydrogen (secondary N) is 1. The van der Waals surface area contributed by atoms with Crippen molar-refractivity contribution in [2.45, 2.75) is 31.8 Å². The summed E-state index contributed by atoms with van der Waals surface area (Å²) in [5.41, 5.74) is 0.929. The van der Waals surface area contributed by atoms with E-state index in [2.05, 4.69) is 10.3 Å². The predicted molar refractivity (Wildman–Crippen MR) is 66.4 cm³/mol. The van der Waals surface area contributed by atoms with Crippen LogP contribution in [-0.2, 0) is 11.3 Å². The number of carbonyl (C=O) groups is 1. The summed E-state index contributed by atoms with van der Waals surface area (Å²) in [4.78, 5) is 17.8. The molecule has 0 atom stereocenters. The summed E-state index contributed by atoms with van der Waals surface area (Å²) >= 11 is 0. The maximum atomic E-state index is 11.8. The van der Waals surface area contributed by atoms with Crippen LogP contribution in [0.25, 0.3) is 0 Å². The first kappa shape index (κ1) is 12.0. The van der Waals surface area contributed by atoms with E-state index in [0.717, 1.165) is 12.2 Å². The van der Waals surface area contributed by atoms with Gasteiger partial charge in [-0.3, -0.25) is 9.78 Å². The van der Waals surface area contributed by atoms with Crippen molar-refractivity contribution in [2.24, 2.45) is 0 Å². The molecule has 0 spiro atoms. The van der Waals surface area contributed by atoms with E-state index in [4.69, 9.17) is 0 Å². The van der Waals surface area contributed by atoms with Crippen molar-refractivity contribution < 1.29 is 4.79 Å². The standard InChI is InChI=1S/C13H19N3O/c1-16(10-12-4-2-3-8-14-12)13(17)7-9-15-11-5-6-11/h2-4,8,11,15H,5-7,9-10H2,1H3. The van der Waals surface area contributed by atoms with Gasteiger partial charge < -0.3 is 10.2 Å². The summed E-state index contributed by atoms with van der Waals surface area (Å²) in [5.74, 6) is 0.170. The summed E-state index contributed by atoms with van der Waals surface area (Å²) in [6, 6.07) is 6.43. The molecule has 92 valence electrons. The molecule has 1 aromatic heterocycles. The second-order valence-electron chi connectivity index (χ2n) is 4.55. The maximum Gasteiger partial charge on any atom is 0.223 e. The summed E-state index contributed by atoms with van der Waals surface area (Å²) in [5, 5.41) is 3.34. The molecule has 4 nitrogen and oxygen atoms in total. The molecule has 1 fully saturated rings. The molecule has 0 bridgehead atoms. The minimum absolute atomic E-state index is 0.170. The monoisotopic (exact) mass is 233 g/mol. The smallest absolute Gasteiger partial charge is 0.223 e. The Labute approximate surface area is 102 Å². The van der Waals surface area contributed by atoms with Gasteiger partial charge in [0, 0.05) is 32.3 Å². The second-order valence-corrected chi connectivity index (χ2v) is 4.55. The van der Waals surface area contributed by atoms with Crippen LogP contribution in [-0.4, -0.2) is 35.4 Å². The van der Waals surface area contributed by atoms with Crippen LogP contribution in [0, 0.1) is 0 Å². The fraction of sp³-hybridized carbons (Fsp3) is 0.538. The summed E-state index contributed by atoms with van der Waals surface area (Å²) < 4.78 is 0. The Bertz CT molecular complexity index is 362. The molecule has 4 heteroatoms. The molecule has 1 heterocycles. The number of rotatable bonds is 6. The lowest BCUT2D eigenvalue weighted by molar-refractivity contribution is -0.130. The van der Waals surface area contributed by atoms with Gasteiger partial charge in [-0.2, -0.15) is 0 Å². The van der Waals surface area contributed by atoms with Crippen molar-refractivity contribution in [3.8, 4) is 0 Å². The molecule has 0 aromatic carbocycles. The molecule has 1 amide bonds. The summed E-state index contributed by atoms with van der Waals surface area (Å²) in [7, 11) is 1.83. The van der Waals surface area contributed by atoms with Gasteiger partial charge in [0.1, 0.15) is 0 Å². The number of aromatic nitrogens is 1. The third-order valence-electron chi connectivity index (χ3n) is 2.90. The Morgan fingerprint density at radius 3 is 3.00 bits per heavy atom. The highest BCUT2D eigenvalue weighted by atomic mass is 16.2. The minimum Gasteiger partial charge on any atom is -0.340 e. The Hall–Kier alpha value is -1.42. The van der Waals surface area contributed by atoms with Gasteiger partial charge in [0.25, 0.3) is 0 Å². The molecule has 2 rings (SSSR count). The van der Waals surface area contributed by atoms with Gasteiger partial charge in [-0.25, -0.2) is 0 Å². The first-order valence-electron chi connectivity index (χ1n) is 6.13. The lowest BCUT2D eigenvalue weighted by atomic mass is 10.3.